The standard InChI is InChI=1S/C12H15N5OS/c18-12(13-8-11-2-1-7-19-11)16-5-3-10(9-16)17-6-4-14-15-17/h1-2,4,6-7,10H,3,5,8-9H2,(H,13,18)/t10-/m0/s1. The molecule has 2 amide bonds. The van der Waals surface area contributed by atoms with Gasteiger partial charge < -0.3 is 10.2 Å². The lowest BCUT2D eigenvalue weighted by atomic mass is 10.3. The van der Waals surface area contributed by atoms with Gasteiger partial charge in [0.05, 0.1) is 18.8 Å². The zero-order valence-corrected chi connectivity index (χ0v) is 11.2. The van der Waals surface area contributed by atoms with E-state index in [1.54, 1.807) is 17.5 Å². The van der Waals surface area contributed by atoms with Crippen molar-refractivity contribution < 1.29 is 4.79 Å². The minimum atomic E-state index is -0.00369. The molecule has 1 fully saturated rings. The number of aromatic nitrogens is 3. The molecular weight excluding hydrogens is 262 g/mol. The van der Waals surface area contributed by atoms with Crippen molar-refractivity contribution in [3.8, 4) is 0 Å². The van der Waals surface area contributed by atoms with Crippen molar-refractivity contribution in [1.82, 2.24) is 25.2 Å². The molecule has 1 N–H and O–H groups in total. The Balaban J connectivity index is 1.51. The Kier molecular flexibility index (Phi) is 3.45. The van der Waals surface area contributed by atoms with Crippen molar-refractivity contribution in [3.05, 3.63) is 34.8 Å². The molecular formula is C12H15N5OS. The number of amides is 2. The van der Waals surface area contributed by atoms with Gasteiger partial charge in [-0.2, -0.15) is 0 Å². The number of carbonyl (C=O) groups is 1. The summed E-state index contributed by atoms with van der Waals surface area (Å²) in [4.78, 5) is 15.0. The van der Waals surface area contributed by atoms with Crippen molar-refractivity contribution >= 4 is 17.4 Å². The van der Waals surface area contributed by atoms with Gasteiger partial charge in [0.1, 0.15) is 0 Å². The van der Waals surface area contributed by atoms with E-state index >= 15 is 0 Å². The second kappa shape index (κ2) is 5.40. The molecule has 1 aliphatic rings. The summed E-state index contributed by atoms with van der Waals surface area (Å²) in [7, 11) is 0. The summed E-state index contributed by atoms with van der Waals surface area (Å²) in [6.45, 7) is 2.06. The van der Waals surface area contributed by atoms with Crippen LogP contribution in [0.25, 0.3) is 0 Å². The van der Waals surface area contributed by atoms with Crippen LogP contribution in [0.5, 0.6) is 0 Å². The van der Waals surface area contributed by atoms with Crippen molar-refractivity contribution in [2.24, 2.45) is 0 Å². The van der Waals surface area contributed by atoms with Crippen LogP contribution in [0, 0.1) is 0 Å². The molecule has 0 aliphatic carbocycles. The fourth-order valence-electron chi connectivity index (χ4n) is 2.24. The monoisotopic (exact) mass is 277 g/mol. The Bertz CT molecular complexity index is 524. The lowest BCUT2D eigenvalue weighted by molar-refractivity contribution is 0.206. The van der Waals surface area contributed by atoms with Gasteiger partial charge >= 0.3 is 6.03 Å². The highest BCUT2D eigenvalue weighted by molar-refractivity contribution is 7.09. The number of nitrogens with zero attached hydrogens (tertiary/aromatic N) is 4. The molecule has 0 saturated carbocycles. The van der Waals surface area contributed by atoms with E-state index in [0.717, 1.165) is 13.0 Å². The Morgan fingerprint density at radius 3 is 3.26 bits per heavy atom. The first-order valence-corrected chi connectivity index (χ1v) is 7.12. The van der Waals surface area contributed by atoms with Crippen molar-refractivity contribution in [3.63, 3.8) is 0 Å². The number of likely N-dealkylation sites (tertiary alicyclic amines) is 1. The Labute approximate surface area is 115 Å². The van der Waals surface area contributed by atoms with E-state index in [1.165, 1.54) is 4.88 Å². The number of rotatable bonds is 3. The normalized spacial score (nSPS) is 18.7. The van der Waals surface area contributed by atoms with Crippen molar-refractivity contribution in [1.29, 1.82) is 0 Å². The van der Waals surface area contributed by atoms with Crippen molar-refractivity contribution in [2.75, 3.05) is 13.1 Å². The van der Waals surface area contributed by atoms with E-state index < -0.39 is 0 Å². The molecule has 2 aromatic rings. The molecule has 0 radical (unpaired) electrons. The summed E-state index contributed by atoms with van der Waals surface area (Å²) in [5.41, 5.74) is 0. The van der Waals surface area contributed by atoms with E-state index in [0.29, 0.717) is 13.1 Å². The van der Waals surface area contributed by atoms with Crippen molar-refractivity contribution in [2.45, 2.75) is 19.0 Å². The highest BCUT2D eigenvalue weighted by Crippen LogP contribution is 2.20. The molecule has 0 aromatic carbocycles. The lowest BCUT2D eigenvalue weighted by Crippen LogP contribution is -2.38. The molecule has 100 valence electrons. The number of thiophene rings is 1. The van der Waals surface area contributed by atoms with Gasteiger partial charge in [-0.15, -0.1) is 16.4 Å². The van der Waals surface area contributed by atoms with Gasteiger partial charge in [0.25, 0.3) is 0 Å². The molecule has 0 spiro atoms. The highest BCUT2D eigenvalue weighted by atomic mass is 32.1. The number of carbonyl (C=O) groups excluding carboxylic acids is 1. The minimum absolute atomic E-state index is 0.00369. The van der Waals surface area contributed by atoms with Crippen LogP contribution < -0.4 is 5.32 Å². The minimum Gasteiger partial charge on any atom is -0.333 e. The first kappa shape index (κ1) is 12.2. The highest BCUT2D eigenvalue weighted by Gasteiger charge is 2.27. The summed E-state index contributed by atoms with van der Waals surface area (Å²) in [6, 6.07) is 4.25. The molecule has 6 nitrogen and oxygen atoms in total. The fourth-order valence-corrected chi connectivity index (χ4v) is 2.89. The SMILES string of the molecule is O=C(NCc1cccs1)N1CC[C@H](n2ccnn2)C1. The summed E-state index contributed by atoms with van der Waals surface area (Å²) < 4.78 is 1.83. The maximum Gasteiger partial charge on any atom is 0.317 e. The number of hydrogen-bond donors (Lipinski definition) is 1. The predicted molar refractivity (Wildman–Crippen MR) is 71.8 cm³/mol. The van der Waals surface area contributed by atoms with Gasteiger partial charge in [-0.3, -0.25) is 0 Å². The van der Waals surface area contributed by atoms with Crippen LogP contribution in [-0.4, -0.2) is 39.0 Å². The molecule has 2 aromatic heterocycles. The topological polar surface area (TPSA) is 63.1 Å². The Hall–Kier alpha value is -1.89. The predicted octanol–water partition coefficient (Wildman–Crippen LogP) is 1.50. The van der Waals surface area contributed by atoms with Crippen LogP contribution in [0.3, 0.4) is 0 Å². The number of hydrogen-bond acceptors (Lipinski definition) is 4. The average Bonchev–Trinajstić information content (AvgIpc) is 3.14. The average molecular weight is 277 g/mol. The third-order valence-electron chi connectivity index (χ3n) is 3.26. The second-order valence-corrected chi connectivity index (χ2v) is 5.54. The molecule has 3 heterocycles. The smallest absolute Gasteiger partial charge is 0.317 e. The fraction of sp³-hybridized carbons (Fsp3) is 0.417. The third kappa shape index (κ3) is 2.76. The van der Waals surface area contributed by atoms with Crippen LogP contribution in [0.15, 0.2) is 29.9 Å². The van der Waals surface area contributed by atoms with E-state index in [4.69, 9.17) is 0 Å². The number of nitrogens with one attached hydrogen (secondary N) is 1. The van der Waals surface area contributed by atoms with Crippen LogP contribution in [-0.2, 0) is 6.54 Å². The second-order valence-electron chi connectivity index (χ2n) is 4.51. The van der Waals surface area contributed by atoms with Gasteiger partial charge in [0.2, 0.25) is 0 Å². The third-order valence-corrected chi connectivity index (χ3v) is 4.14. The first-order valence-electron chi connectivity index (χ1n) is 6.24. The summed E-state index contributed by atoms with van der Waals surface area (Å²) in [5.74, 6) is 0. The van der Waals surface area contributed by atoms with Gasteiger partial charge in [-0.25, -0.2) is 9.48 Å². The number of urea groups is 1. The summed E-state index contributed by atoms with van der Waals surface area (Å²) >= 11 is 1.65. The zero-order chi connectivity index (χ0) is 13.1. The van der Waals surface area contributed by atoms with Crippen LogP contribution >= 0.6 is 11.3 Å². The van der Waals surface area contributed by atoms with E-state index in [1.807, 2.05) is 33.3 Å². The van der Waals surface area contributed by atoms with E-state index in [-0.39, 0.29) is 12.1 Å². The molecule has 0 unspecified atom stereocenters. The molecule has 1 atom stereocenters. The molecule has 1 saturated heterocycles. The molecule has 7 heteroatoms. The molecule has 1 aliphatic heterocycles. The van der Waals surface area contributed by atoms with Gasteiger partial charge in [-0.1, -0.05) is 11.3 Å². The van der Waals surface area contributed by atoms with Crippen LogP contribution in [0.4, 0.5) is 4.79 Å². The largest absolute Gasteiger partial charge is 0.333 e. The van der Waals surface area contributed by atoms with E-state index in [2.05, 4.69) is 15.6 Å². The molecule has 19 heavy (non-hydrogen) atoms. The summed E-state index contributed by atoms with van der Waals surface area (Å²) in [5, 5.41) is 12.7. The molecule has 0 bridgehead atoms. The Morgan fingerprint density at radius 2 is 2.53 bits per heavy atom. The van der Waals surface area contributed by atoms with Crippen LogP contribution in [0.2, 0.25) is 0 Å². The Morgan fingerprint density at radius 1 is 1.58 bits per heavy atom. The zero-order valence-electron chi connectivity index (χ0n) is 10.4. The van der Waals surface area contributed by atoms with Gasteiger partial charge in [0.15, 0.2) is 0 Å². The van der Waals surface area contributed by atoms with Crippen LogP contribution in [0.1, 0.15) is 17.3 Å². The first-order chi connectivity index (χ1) is 9.33. The van der Waals surface area contributed by atoms with Gasteiger partial charge in [0, 0.05) is 24.2 Å². The van der Waals surface area contributed by atoms with E-state index in [9.17, 15) is 4.79 Å². The quantitative estimate of drug-likeness (QED) is 0.924. The van der Waals surface area contributed by atoms with Gasteiger partial charge in [-0.05, 0) is 17.9 Å². The molecule has 3 rings (SSSR count). The summed E-state index contributed by atoms with van der Waals surface area (Å²) in [6.07, 6.45) is 4.44. The maximum atomic E-state index is 12.0. The maximum absolute atomic E-state index is 12.0. The lowest BCUT2D eigenvalue weighted by Gasteiger charge is -2.17.